The maximum atomic E-state index is 4.85. The van der Waals surface area contributed by atoms with Gasteiger partial charge in [0.2, 0.25) is 5.95 Å². The van der Waals surface area contributed by atoms with Crippen LogP contribution in [0.2, 0.25) is 0 Å². The fourth-order valence-corrected chi connectivity index (χ4v) is 4.69. The Kier molecular flexibility index (Phi) is 11.6. The van der Waals surface area contributed by atoms with E-state index < -0.39 is 0 Å². The van der Waals surface area contributed by atoms with Crippen molar-refractivity contribution in [2.24, 2.45) is 20.5 Å². The normalized spacial score (nSPS) is 11.5. The Morgan fingerprint density at radius 1 is 0.533 bits per heavy atom. The third kappa shape index (κ3) is 10.2. The van der Waals surface area contributed by atoms with Gasteiger partial charge < -0.3 is 10.2 Å². The summed E-state index contributed by atoms with van der Waals surface area (Å²) < 4.78 is 0. The van der Waals surface area contributed by atoms with Crippen molar-refractivity contribution in [1.82, 2.24) is 19.9 Å². The van der Waals surface area contributed by atoms with E-state index in [0.29, 0.717) is 18.8 Å². The molecule has 1 aromatic heterocycles. The van der Waals surface area contributed by atoms with E-state index in [-0.39, 0.29) is 0 Å². The lowest BCUT2D eigenvalue weighted by atomic mass is 10.1. The van der Waals surface area contributed by atoms with Gasteiger partial charge in [-0.2, -0.15) is 30.4 Å². The molecular formula is C36H39N9. The fourth-order valence-electron chi connectivity index (χ4n) is 4.69. The molecular weight excluding hydrogens is 558 g/mol. The quantitative estimate of drug-likeness (QED) is 0.0958. The summed E-state index contributed by atoms with van der Waals surface area (Å²) in [5, 5.41) is 20.8. The molecule has 0 aliphatic heterocycles. The molecule has 1 heterocycles. The van der Waals surface area contributed by atoms with Crippen molar-refractivity contribution in [3.8, 4) is 0 Å². The lowest BCUT2D eigenvalue weighted by Gasteiger charge is -2.17. The second-order valence-corrected chi connectivity index (χ2v) is 10.6. The summed E-state index contributed by atoms with van der Waals surface area (Å²) in [7, 11) is 0. The van der Waals surface area contributed by atoms with Gasteiger partial charge in [-0.1, -0.05) is 74.5 Å². The van der Waals surface area contributed by atoms with Gasteiger partial charge in [0.1, 0.15) is 11.6 Å². The molecule has 0 atom stereocenters. The molecule has 228 valence electrons. The highest BCUT2D eigenvalue weighted by Crippen LogP contribution is 2.21. The molecule has 0 fully saturated rings. The molecule has 45 heavy (non-hydrogen) atoms. The van der Waals surface area contributed by atoms with Crippen molar-refractivity contribution in [3.05, 3.63) is 132 Å². The maximum Gasteiger partial charge on any atom is 0.226 e. The van der Waals surface area contributed by atoms with E-state index in [0.717, 1.165) is 78.1 Å². The Hall–Kier alpha value is -5.15. The van der Waals surface area contributed by atoms with E-state index >= 15 is 0 Å². The lowest BCUT2D eigenvalue weighted by molar-refractivity contribution is 0.303. The van der Waals surface area contributed by atoms with Crippen LogP contribution in [0.5, 0.6) is 0 Å². The van der Waals surface area contributed by atoms with Gasteiger partial charge >= 0.3 is 0 Å². The summed E-state index contributed by atoms with van der Waals surface area (Å²) in [6.45, 7) is 8.32. The molecule has 0 unspecified atom stereocenters. The summed E-state index contributed by atoms with van der Waals surface area (Å²) in [5.41, 5.74) is 5.41. The number of hydrogen-bond donors (Lipinski definition) is 1. The first-order chi connectivity index (χ1) is 22.2. The number of benzene rings is 4. The van der Waals surface area contributed by atoms with Gasteiger partial charge in [0, 0.05) is 19.4 Å². The standard InChI is InChI=1S/C36H39N9/c1-3-45(4-2)25-11-24-37-36-39-34(26-28-16-20-32(21-17-28)43-41-30-12-7-5-8-13-30)38-35(40-36)27-29-18-22-33(23-19-29)44-42-31-14-9-6-10-15-31/h5-10,12-23H,3-4,11,24-27H2,1-2H3,(H,37,38,39,40). The zero-order valence-electron chi connectivity index (χ0n) is 25.9. The van der Waals surface area contributed by atoms with Gasteiger partial charge in [-0.15, -0.1) is 0 Å². The van der Waals surface area contributed by atoms with Crippen LogP contribution in [0.15, 0.2) is 130 Å². The van der Waals surface area contributed by atoms with E-state index in [9.17, 15) is 0 Å². The number of nitrogens with one attached hydrogen (secondary N) is 1. The highest BCUT2D eigenvalue weighted by Gasteiger charge is 2.10. The molecule has 5 rings (SSSR count). The first-order valence-electron chi connectivity index (χ1n) is 15.5. The average Bonchev–Trinajstić information content (AvgIpc) is 3.09. The molecule has 0 radical (unpaired) electrons. The zero-order valence-corrected chi connectivity index (χ0v) is 25.9. The van der Waals surface area contributed by atoms with Gasteiger partial charge in [-0.3, -0.25) is 0 Å². The molecule has 0 aliphatic carbocycles. The van der Waals surface area contributed by atoms with E-state index in [2.05, 4.69) is 44.5 Å². The SMILES string of the molecule is CCN(CC)CCCNc1nc(Cc2ccc(N=Nc3ccccc3)cc2)nc(Cc2ccc(N=Nc3ccccc3)cc2)n1. The van der Waals surface area contributed by atoms with Crippen LogP contribution < -0.4 is 5.32 Å². The van der Waals surface area contributed by atoms with Gasteiger partial charge in [-0.25, -0.2) is 4.98 Å². The van der Waals surface area contributed by atoms with E-state index in [4.69, 9.17) is 15.0 Å². The number of hydrogen-bond acceptors (Lipinski definition) is 9. The molecule has 0 saturated heterocycles. The molecule has 0 bridgehead atoms. The third-order valence-electron chi connectivity index (χ3n) is 7.23. The third-order valence-corrected chi connectivity index (χ3v) is 7.23. The van der Waals surface area contributed by atoms with Crippen LogP contribution in [0.25, 0.3) is 0 Å². The molecule has 5 aromatic rings. The van der Waals surface area contributed by atoms with Crippen LogP contribution >= 0.6 is 0 Å². The minimum Gasteiger partial charge on any atom is -0.354 e. The Morgan fingerprint density at radius 3 is 1.38 bits per heavy atom. The molecule has 9 nitrogen and oxygen atoms in total. The van der Waals surface area contributed by atoms with Crippen molar-refractivity contribution in [2.75, 3.05) is 31.5 Å². The number of rotatable bonds is 15. The molecule has 0 amide bonds. The van der Waals surface area contributed by atoms with E-state index in [1.807, 2.05) is 109 Å². The van der Waals surface area contributed by atoms with Crippen molar-refractivity contribution < 1.29 is 0 Å². The average molecular weight is 598 g/mol. The first kappa shape index (κ1) is 31.3. The number of anilines is 1. The molecule has 0 saturated carbocycles. The second-order valence-electron chi connectivity index (χ2n) is 10.6. The van der Waals surface area contributed by atoms with Crippen LogP contribution in [-0.2, 0) is 12.8 Å². The summed E-state index contributed by atoms with van der Waals surface area (Å²) in [5.74, 6) is 2.05. The zero-order chi connectivity index (χ0) is 31.1. The summed E-state index contributed by atoms with van der Waals surface area (Å²) in [4.78, 5) is 16.8. The smallest absolute Gasteiger partial charge is 0.226 e. The first-order valence-corrected chi connectivity index (χ1v) is 15.5. The molecule has 0 spiro atoms. The molecule has 1 N–H and O–H groups in total. The molecule has 4 aromatic carbocycles. The summed E-state index contributed by atoms with van der Waals surface area (Å²) >= 11 is 0. The minimum atomic E-state index is 0.582. The number of azo groups is 2. The Morgan fingerprint density at radius 2 is 0.956 bits per heavy atom. The second kappa shape index (κ2) is 16.6. The van der Waals surface area contributed by atoms with Gasteiger partial charge in [0.15, 0.2) is 0 Å². The van der Waals surface area contributed by atoms with Crippen LogP contribution in [-0.4, -0.2) is 46.0 Å². The topological polar surface area (TPSA) is 103 Å². The van der Waals surface area contributed by atoms with Crippen molar-refractivity contribution in [1.29, 1.82) is 0 Å². The fraction of sp³-hybridized carbons (Fsp3) is 0.250. The van der Waals surface area contributed by atoms with Gasteiger partial charge in [-0.05, 0) is 85.7 Å². The minimum absolute atomic E-state index is 0.582. The Balaban J connectivity index is 1.28. The Labute approximate surface area is 265 Å². The van der Waals surface area contributed by atoms with Crippen LogP contribution in [0.1, 0.15) is 43.0 Å². The Bertz CT molecular complexity index is 1540. The largest absolute Gasteiger partial charge is 0.354 e. The monoisotopic (exact) mass is 597 g/mol. The van der Waals surface area contributed by atoms with Crippen molar-refractivity contribution >= 4 is 28.7 Å². The number of aromatic nitrogens is 3. The molecule has 0 aliphatic rings. The summed E-state index contributed by atoms with van der Waals surface area (Å²) in [6, 6.07) is 35.5. The van der Waals surface area contributed by atoms with Crippen LogP contribution in [0, 0.1) is 0 Å². The molecule has 9 heteroatoms. The van der Waals surface area contributed by atoms with E-state index in [1.165, 1.54) is 0 Å². The summed E-state index contributed by atoms with van der Waals surface area (Å²) in [6.07, 6.45) is 2.17. The van der Waals surface area contributed by atoms with Crippen molar-refractivity contribution in [3.63, 3.8) is 0 Å². The maximum absolute atomic E-state index is 4.85. The van der Waals surface area contributed by atoms with Crippen LogP contribution in [0.3, 0.4) is 0 Å². The van der Waals surface area contributed by atoms with Crippen molar-refractivity contribution in [2.45, 2.75) is 33.1 Å². The van der Waals surface area contributed by atoms with Gasteiger partial charge in [0.25, 0.3) is 0 Å². The van der Waals surface area contributed by atoms with E-state index in [1.54, 1.807) is 0 Å². The lowest BCUT2D eigenvalue weighted by Crippen LogP contribution is -2.25. The predicted octanol–water partition coefficient (Wildman–Crippen LogP) is 9.03. The highest BCUT2D eigenvalue weighted by molar-refractivity contribution is 5.43. The predicted molar refractivity (Wildman–Crippen MR) is 180 cm³/mol. The number of nitrogens with zero attached hydrogens (tertiary/aromatic N) is 8. The van der Waals surface area contributed by atoms with Crippen LogP contribution in [0.4, 0.5) is 28.7 Å². The highest BCUT2D eigenvalue weighted by atomic mass is 15.2. The van der Waals surface area contributed by atoms with Gasteiger partial charge in [0.05, 0.1) is 22.7 Å².